The Kier molecular flexibility index (Phi) is 2.57. The maximum Gasteiger partial charge on any atom is 0.0588 e. The predicted octanol–water partition coefficient (Wildman–Crippen LogP) is 4.48. The molecule has 0 saturated heterocycles. The van der Waals surface area contributed by atoms with Crippen molar-refractivity contribution >= 4 is 11.6 Å². The second-order valence-electron chi connectivity index (χ2n) is 4.53. The van der Waals surface area contributed by atoms with Crippen molar-refractivity contribution in [1.29, 1.82) is 0 Å². The number of benzene rings is 1. The summed E-state index contributed by atoms with van der Waals surface area (Å²) in [7, 11) is 0. The van der Waals surface area contributed by atoms with E-state index < -0.39 is 0 Å². The van der Waals surface area contributed by atoms with Crippen LogP contribution in [0.3, 0.4) is 0 Å². The highest BCUT2D eigenvalue weighted by molar-refractivity contribution is 6.21. The molecule has 1 aromatic carbocycles. The summed E-state index contributed by atoms with van der Waals surface area (Å²) in [6.45, 7) is 6.66. The van der Waals surface area contributed by atoms with Crippen LogP contribution in [0.2, 0.25) is 0 Å². The second-order valence-corrected chi connectivity index (χ2v) is 5.06. The van der Waals surface area contributed by atoms with Gasteiger partial charge in [0.1, 0.15) is 0 Å². The average molecular weight is 209 g/mol. The summed E-state index contributed by atoms with van der Waals surface area (Å²) < 4.78 is 0. The molecule has 76 valence electrons. The topological polar surface area (TPSA) is 0 Å². The predicted molar refractivity (Wildman–Crippen MR) is 62.2 cm³/mol. The lowest BCUT2D eigenvalue weighted by molar-refractivity contribution is 0.575. The molecule has 1 aromatic rings. The average Bonchev–Trinajstić information content (AvgIpc) is 2.10. The number of fused-ring (bicyclic) bond motifs is 1. The van der Waals surface area contributed by atoms with Crippen molar-refractivity contribution in [2.75, 3.05) is 0 Å². The Labute approximate surface area is 91.3 Å². The molecule has 0 spiro atoms. The van der Waals surface area contributed by atoms with Gasteiger partial charge in [0.05, 0.1) is 5.38 Å². The van der Waals surface area contributed by atoms with Crippen LogP contribution < -0.4 is 0 Å². The molecule has 0 heterocycles. The van der Waals surface area contributed by atoms with Crippen LogP contribution in [0.4, 0.5) is 0 Å². The Morgan fingerprint density at radius 3 is 2.64 bits per heavy atom. The Morgan fingerprint density at radius 2 is 1.93 bits per heavy atom. The lowest BCUT2D eigenvalue weighted by Gasteiger charge is -2.28. The van der Waals surface area contributed by atoms with Crippen molar-refractivity contribution in [2.45, 2.75) is 44.9 Å². The van der Waals surface area contributed by atoms with Gasteiger partial charge in [0.25, 0.3) is 0 Å². The van der Waals surface area contributed by atoms with Gasteiger partial charge in [-0.2, -0.15) is 0 Å². The number of hydrogen-bond acceptors (Lipinski definition) is 0. The minimum Gasteiger partial charge on any atom is -0.118 e. The van der Waals surface area contributed by atoms with Crippen LogP contribution in [0, 0.1) is 13.8 Å². The zero-order valence-electron chi connectivity index (χ0n) is 9.10. The third kappa shape index (κ3) is 1.56. The summed E-state index contributed by atoms with van der Waals surface area (Å²) >= 11 is 6.36. The smallest absolute Gasteiger partial charge is 0.0588 e. The van der Waals surface area contributed by atoms with Gasteiger partial charge >= 0.3 is 0 Å². The molecular formula is C13H17Cl. The molecule has 0 saturated carbocycles. The number of hydrogen-bond donors (Lipinski definition) is 0. The van der Waals surface area contributed by atoms with Crippen LogP contribution in [0.5, 0.6) is 0 Å². The first kappa shape index (κ1) is 10.0. The number of rotatable bonds is 0. The summed E-state index contributed by atoms with van der Waals surface area (Å²) in [5, 5.41) is 0.236. The number of halogens is 1. The molecule has 2 atom stereocenters. The van der Waals surface area contributed by atoms with E-state index in [0.717, 1.165) is 6.42 Å². The first-order chi connectivity index (χ1) is 6.59. The van der Waals surface area contributed by atoms with E-state index in [9.17, 15) is 0 Å². The maximum atomic E-state index is 6.36. The summed E-state index contributed by atoms with van der Waals surface area (Å²) in [5.41, 5.74) is 5.63. The van der Waals surface area contributed by atoms with Crippen LogP contribution >= 0.6 is 11.6 Å². The molecule has 0 nitrogen and oxygen atoms in total. The van der Waals surface area contributed by atoms with Gasteiger partial charge in [-0.1, -0.05) is 24.6 Å². The molecule has 2 unspecified atom stereocenters. The molecule has 1 heteroatoms. The second kappa shape index (κ2) is 3.58. The molecule has 1 aliphatic rings. The van der Waals surface area contributed by atoms with Crippen molar-refractivity contribution in [3.05, 3.63) is 34.4 Å². The molecule has 0 N–H and O–H groups in total. The van der Waals surface area contributed by atoms with Crippen LogP contribution in [0.1, 0.15) is 53.3 Å². The molecular weight excluding hydrogens is 192 g/mol. The van der Waals surface area contributed by atoms with Crippen molar-refractivity contribution in [3.8, 4) is 0 Å². The highest BCUT2D eigenvalue weighted by atomic mass is 35.5. The van der Waals surface area contributed by atoms with E-state index in [1.165, 1.54) is 28.7 Å². The Balaban J connectivity index is 2.60. The van der Waals surface area contributed by atoms with E-state index in [1.54, 1.807) is 0 Å². The maximum absolute atomic E-state index is 6.36. The van der Waals surface area contributed by atoms with E-state index in [0.29, 0.717) is 5.92 Å². The molecule has 0 bridgehead atoms. The van der Waals surface area contributed by atoms with Crippen LogP contribution in [0.25, 0.3) is 0 Å². The fraction of sp³-hybridized carbons (Fsp3) is 0.538. The molecule has 0 aromatic heterocycles. The first-order valence-corrected chi connectivity index (χ1v) is 5.78. The Bertz CT molecular complexity index is 354. The first-order valence-electron chi connectivity index (χ1n) is 5.34. The van der Waals surface area contributed by atoms with Crippen LogP contribution in [-0.2, 0) is 0 Å². The molecule has 0 amide bonds. The SMILES string of the molecule is Cc1cc(C)c2c(c1)C(Cl)CCC2C. The lowest BCUT2D eigenvalue weighted by atomic mass is 9.80. The Morgan fingerprint density at radius 1 is 1.21 bits per heavy atom. The van der Waals surface area contributed by atoms with Crippen LogP contribution in [-0.4, -0.2) is 0 Å². The van der Waals surface area contributed by atoms with Crippen molar-refractivity contribution in [3.63, 3.8) is 0 Å². The largest absolute Gasteiger partial charge is 0.118 e. The quantitative estimate of drug-likeness (QED) is 0.552. The van der Waals surface area contributed by atoms with E-state index in [1.807, 2.05) is 0 Å². The minimum atomic E-state index is 0.236. The molecule has 2 rings (SSSR count). The molecule has 0 aliphatic heterocycles. The van der Waals surface area contributed by atoms with E-state index in [-0.39, 0.29) is 5.38 Å². The van der Waals surface area contributed by atoms with Crippen molar-refractivity contribution in [1.82, 2.24) is 0 Å². The van der Waals surface area contributed by atoms with Gasteiger partial charge in [0, 0.05) is 0 Å². The fourth-order valence-electron chi connectivity index (χ4n) is 2.64. The van der Waals surface area contributed by atoms with Gasteiger partial charge in [-0.05, 0) is 49.3 Å². The molecule has 0 fully saturated rings. The van der Waals surface area contributed by atoms with Crippen molar-refractivity contribution < 1.29 is 0 Å². The van der Waals surface area contributed by atoms with Gasteiger partial charge < -0.3 is 0 Å². The summed E-state index contributed by atoms with van der Waals surface area (Å²) in [4.78, 5) is 0. The highest BCUT2D eigenvalue weighted by Crippen LogP contribution is 2.42. The number of alkyl halides is 1. The van der Waals surface area contributed by atoms with Gasteiger partial charge in [-0.15, -0.1) is 11.6 Å². The normalized spacial score (nSPS) is 26.0. The highest BCUT2D eigenvalue weighted by Gasteiger charge is 2.24. The van der Waals surface area contributed by atoms with E-state index >= 15 is 0 Å². The summed E-state index contributed by atoms with van der Waals surface area (Å²) in [5.74, 6) is 0.681. The van der Waals surface area contributed by atoms with Gasteiger partial charge in [0.2, 0.25) is 0 Å². The number of aryl methyl sites for hydroxylation is 2. The minimum absolute atomic E-state index is 0.236. The lowest BCUT2D eigenvalue weighted by Crippen LogP contribution is -2.11. The monoisotopic (exact) mass is 208 g/mol. The standard InChI is InChI=1S/C13H17Cl/c1-8-6-10(3)13-9(2)4-5-12(14)11(13)7-8/h6-7,9,12H,4-5H2,1-3H3. The van der Waals surface area contributed by atoms with Gasteiger partial charge in [-0.3, -0.25) is 0 Å². The Hall–Kier alpha value is -0.490. The fourth-order valence-corrected chi connectivity index (χ4v) is 2.95. The summed E-state index contributed by atoms with van der Waals surface area (Å²) in [6.07, 6.45) is 2.35. The summed E-state index contributed by atoms with van der Waals surface area (Å²) in [6, 6.07) is 4.53. The van der Waals surface area contributed by atoms with Crippen molar-refractivity contribution in [2.24, 2.45) is 0 Å². The molecule has 0 radical (unpaired) electrons. The zero-order chi connectivity index (χ0) is 10.3. The zero-order valence-corrected chi connectivity index (χ0v) is 9.86. The molecule has 14 heavy (non-hydrogen) atoms. The van der Waals surface area contributed by atoms with Crippen LogP contribution in [0.15, 0.2) is 12.1 Å². The molecule has 1 aliphatic carbocycles. The van der Waals surface area contributed by atoms with Gasteiger partial charge in [0.15, 0.2) is 0 Å². The third-order valence-corrected chi connectivity index (χ3v) is 3.70. The third-order valence-electron chi connectivity index (χ3n) is 3.25. The van der Waals surface area contributed by atoms with E-state index in [2.05, 4.69) is 32.9 Å². The van der Waals surface area contributed by atoms with E-state index in [4.69, 9.17) is 11.6 Å². The van der Waals surface area contributed by atoms with Gasteiger partial charge in [-0.25, -0.2) is 0 Å².